The summed E-state index contributed by atoms with van der Waals surface area (Å²) in [4.78, 5) is 0. The summed E-state index contributed by atoms with van der Waals surface area (Å²) in [6, 6.07) is 8.35. The maximum atomic E-state index is 5.14. The van der Waals surface area contributed by atoms with Crippen LogP contribution in [-0.2, 0) is 6.42 Å². The van der Waals surface area contributed by atoms with E-state index >= 15 is 0 Å². The van der Waals surface area contributed by atoms with Crippen molar-refractivity contribution < 1.29 is 4.74 Å². The molecule has 1 atom stereocenters. The van der Waals surface area contributed by atoms with E-state index in [9.17, 15) is 0 Å². The van der Waals surface area contributed by atoms with E-state index in [-0.39, 0.29) is 6.04 Å². The van der Waals surface area contributed by atoms with Crippen molar-refractivity contribution in [1.82, 2.24) is 20.2 Å². The fraction of sp³-hybridized carbons (Fsp3) is 0.364. The van der Waals surface area contributed by atoms with Crippen LogP contribution in [-0.4, -0.2) is 27.3 Å². The molecule has 1 aromatic heterocycles. The number of ether oxygens (including phenoxy) is 1. The van der Waals surface area contributed by atoms with Crippen molar-refractivity contribution >= 4 is 0 Å². The van der Waals surface area contributed by atoms with Gasteiger partial charge in [-0.2, -0.15) is 0 Å². The molecule has 5 heteroatoms. The first-order chi connectivity index (χ1) is 7.88. The molecule has 1 aliphatic rings. The number of benzene rings is 1. The van der Waals surface area contributed by atoms with E-state index in [1.165, 1.54) is 5.56 Å². The molecule has 5 nitrogen and oxygen atoms in total. The maximum absolute atomic E-state index is 5.14. The Morgan fingerprint density at radius 2 is 2.12 bits per heavy atom. The summed E-state index contributed by atoms with van der Waals surface area (Å²) in [6.07, 6.45) is 1.99. The van der Waals surface area contributed by atoms with Crippen molar-refractivity contribution in [1.29, 1.82) is 0 Å². The molecule has 0 saturated heterocycles. The van der Waals surface area contributed by atoms with Gasteiger partial charge in [0.1, 0.15) is 5.75 Å². The molecule has 0 spiro atoms. The smallest absolute Gasteiger partial charge is 0.152 e. The van der Waals surface area contributed by atoms with Gasteiger partial charge < -0.3 is 4.74 Å². The first-order valence-corrected chi connectivity index (χ1v) is 5.29. The Labute approximate surface area is 93.0 Å². The Bertz CT molecular complexity index is 491. The number of hydrogen-bond donors (Lipinski definition) is 0. The van der Waals surface area contributed by atoms with E-state index in [1.54, 1.807) is 7.11 Å². The lowest BCUT2D eigenvalue weighted by molar-refractivity contribution is 0.414. The van der Waals surface area contributed by atoms with Crippen LogP contribution in [0.15, 0.2) is 24.3 Å². The fourth-order valence-corrected chi connectivity index (χ4v) is 2.14. The summed E-state index contributed by atoms with van der Waals surface area (Å²) in [5.41, 5.74) is 1.23. The highest BCUT2D eigenvalue weighted by atomic mass is 16.5. The predicted molar refractivity (Wildman–Crippen MR) is 57.3 cm³/mol. The normalized spacial score (nSPS) is 18.4. The van der Waals surface area contributed by atoms with Gasteiger partial charge in [0.05, 0.1) is 13.2 Å². The topological polar surface area (TPSA) is 52.8 Å². The van der Waals surface area contributed by atoms with Crippen molar-refractivity contribution in [3.63, 3.8) is 0 Å². The molecule has 1 aromatic carbocycles. The Kier molecular flexibility index (Phi) is 2.09. The minimum atomic E-state index is 0.274. The molecule has 0 N–H and O–H groups in total. The van der Waals surface area contributed by atoms with Gasteiger partial charge in [-0.3, -0.25) is 0 Å². The standard InChI is InChI=1S/C11H12N4O/c1-16-9-4-2-8(3-5-9)10-6-7-11-12-13-14-15(10)11/h2-5,10H,6-7H2,1H3. The van der Waals surface area contributed by atoms with Crippen LogP contribution in [0.4, 0.5) is 0 Å². The summed E-state index contributed by atoms with van der Waals surface area (Å²) in [5.74, 6) is 1.85. The molecule has 0 fully saturated rings. The molecule has 0 aliphatic carbocycles. The second kappa shape index (κ2) is 3.59. The lowest BCUT2D eigenvalue weighted by atomic mass is 10.1. The fourth-order valence-electron chi connectivity index (χ4n) is 2.14. The van der Waals surface area contributed by atoms with E-state index in [4.69, 9.17) is 4.74 Å². The van der Waals surface area contributed by atoms with E-state index in [1.807, 2.05) is 16.8 Å². The zero-order valence-corrected chi connectivity index (χ0v) is 9.00. The largest absolute Gasteiger partial charge is 0.497 e. The number of tetrazole rings is 1. The lowest BCUT2D eigenvalue weighted by Crippen LogP contribution is -2.07. The number of methoxy groups -OCH3 is 1. The minimum Gasteiger partial charge on any atom is -0.497 e. The molecule has 0 saturated carbocycles. The predicted octanol–water partition coefficient (Wildman–Crippen LogP) is 1.22. The van der Waals surface area contributed by atoms with Crippen LogP contribution in [0.2, 0.25) is 0 Å². The third kappa shape index (κ3) is 1.36. The quantitative estimate of drug-likeness (QED) is 0.757. The molecule has 1 aliphatic heterocycles. The van der Waals surface area contributed by atoms with Crippen molar-refractivity contribution in [2.45, 2.75) is 18.9 Å². The zero-order chi connectivity index (χ0) is 11.0. The molecule has 16 heavy (non-hydrogen) atoms. The average molecular weight is 216 g/mol. The third-order valence-corrected chi connectivity index (χ3v) is 3.00. The van der Waals surface area contributed by atoms with E-state index in [0.717, 1.165) is 24.4 Å². The van der Waals surface area contributed by atoms with E-state index in [2.05, 4.69) is 27.7 Å². The highest BCUT2D eigenvalue weighted by Crippen LogP contribution is 2.29. The van der Waals surface area contributed by atoms with Crippen LogP contribution in [0.5, 0.6) is 5.75 Å². The number of fused-ring (bicyclic) bond motifs is 1. The van der Waals surface area contributed by atoms with Crippen molar-refractivity contribution in [2.24, 2.45) is 0 Å². The molecule has 0 bridgehead atoms. The average Bonchev–Trinajstić information content (AvgIpc) is 2.91. The number of nitrogens with zero attached hydrogens (tertiary/aromatic N) is 4. The van der Waals surface area contributed by atoms with Gasteiger partial charge in [0.15, 0.2) is 5.82 Å². The van der Waals surface area contributed by atoms with Gasteiger partial charge in [-0.05, 0) is 34.5 Å². The third-order valence-electron chi connectivity index (χ3n) is 3.00. The summed E-state index contributed by atoms with van der Waals surface area (Å²) in [5, 5.41) is 11.7. The van der Waals surface area contributed by atoms with Crippen LogP contribution in [0.25, 0.3) is 0 Å². The molecule has 0 radical (unpaired) electrons. The monoisotopic (exact) mass is 216 g/mol. The van der Waals surface area contributed by atoms with Crippen LogP contribution in [0, 0.1) is 0 Å². The molecule has 0 amide bonds. The van der Waals surface area contributed by atoms with E-state index < -0.39 is 0 Å². The summed E-state index contributed by atoms with van der Waals surface area (Å²) in [6.45, 7) is 0. The molecular weight excluding hydrogens is 204 g/mol. The molecule has 82 valence electrons. The molecule has 2 heterocycles. The van der Waals surface area contributed by atoms with Crippen molar-refractivity contribution in [3.8, 4) is 5.75 Å². The van der Waals surface area contributed by atoms with Gasteiger partial charge in [-0.25, -0.2) is 4.68 Å². The highest BCUT2D eigenvalue weighted by molar-refractivity contribution is 5.30. The molecule has 2 aromatic rings. The second-order valence-electron chi connectivity index (χ2n) is 3.87. The zero-order valence-electron chi connectivity index (χ0n) is 9.00. The number of aromatic nitrogens is 4. The van der Waals surface area contributed by atoms with Crippen LogP contribution >= 0.6 is 0 Å². The first kappa shape index (κ1) is 9.33. The Morgan fingerprint density at radius 3 is 2.88 bits per heavy atom. The van der Waals surface area contributed by atoms with Crippen LogP contribution in [0.1, 0.15) is 23.9 Å². The number of aryl methyl sites for hydroxylation is 1. The van der Waals surface area contributed by atoms with E-state index in [0.29, 0.717) is 0 Å². The van der Waals surface area contributed by atoms with Gasteiger partial charge in [-0.1, -0.05) is 12.1 Å². The maximum Gasteiger partial charge on any atom is 0.152 e. The van der Waals surface area contributed by atoms with Gasteiger partial charge in [0, 0.05) is 6.42 Å². The molecular formula is C11H12N4O. The summed E-state index contributed by atoms with van der Waals surface area (Å²) >= 11 is 0. The van der Waals surface area contributed by atoms with Gasteiger partial charge in [-0.15, -0.1) is 5.10 Å². The summed E-state index contributed by atoms with van der Waals surface area (Å²) in [7, 11) is 1.67. The summed E-state index contributed by atoms with van der Waals surface area (Å²) < 4.78 is 7.04. The van der Waals surface area contributed by atoms with Gasteiger partial charge in [0.2, 0.25) is 0 Å². The Morgan fingerprint density at radius 1 is 1.31 bits per heavy atom. The van der Waals surface area contributed by atoms with Crippen LogP contribution in [0.3, 0.4) is 0 Å². The van der Waals surface area contributed by atoms with Gasteiger partial charge >= 0.3 is 0 Å². The van der Waals surface area contributed by atoms with Crippen molar-refractivity contribution in [3.05, 3.63) is 35.7 Å². The molecule has 1 unspecified atom stereocenters. The highest BCUT2D eigenvalue weighted by Gasteiger charge is 2.25. The second-order valence-corrected chi connectivity index (χ2v) is 3.87. The Hall–Kier alpha value is -1.91. The van der Waals surface area contributed by atoms with Crippen molar-refractivity contribution in [2.75, 3.05) is 7.11 Å². The molecule has 3 rings (SSSR count). The first-order valence-electron chi connectivity index (χ1n) is 5.29. The number of hydrogen-bond acceptors (Lipinski definition) is 4. The number of rotatable bonds is 2. The van der Waals surface area contributed by atoms with Crippen LogP contribution < -0.4 is 4.74 Å². The Balaban J connectivity index is 1.94. The minimum absolute atomic E-state index is 0.274. The van der Waals surface area contributed by atoms with Gasteiger partial charge in [0.25, 0.3) is 0 Å². The SMILES string of the molecule is COc1ccc(C2CCc3nnnn32)cc1. The lowest BCUT2D eigenvalue weighted by Gasteiger charge is -2.11.